The maximum atomic E-state index is 12.4. The summed E-state index contributed by atoms with van der Waals surface area (Å²) in [6.07, 6.45) is 4.60. The Labute approximate surface area is 149 Å². The van der Waals surface area contributed by atoms with Crippen molar-refractivity contribution in [2.75, 3.05) is 13.1 Å². The van der Waals surface area contributed by atoms with Gasteiger partial charge in [0.25, 0.3) is 0 Å². The number of amides is 1. The summed E-state index contributed by atoms with van der Waals surface area (Å²) in [7, 11) is 0. The molecule has 2 aromatic rings. The summed E-state index contributed by atoms with van der Waals surface area (Å²) in [5, 5.41) is 0. The molecule has 1 aliphatic rings. The van der Waals surface area contributed by atoms with Crippen molar-refractivity contribution in [2.45, 2.75) is 45.1 Å². The zero-order chi connectivity index (χ0) is 17.5. The highest BCUT2D eigenvalue weighted by Gasteiger charge is 2.27. The van der Waals surface area contributed by atoms with Crippen LogP contribution in [0.3, 0.4) is 0 Å². The van der Waals surface area contributed by atoms with Crippen LogP contribution < -0.4 is 4.74 Å². The lowest BCUT2D eigenvalue weighted by Crippen LogP contribution is -2.30. The number of pyridine rings is 1. The molecular formula is C21H26N2O2. The van der Waals surface area contributed by atoms with Gasteiger partial charge < -0.3 is 9.64 Å². The van der Waals surface area contributed by atoms with Crippen molar-refractivity contribution in [3.63, 3.8) is 0 Å². The molecule has 4 nitrogen and oxygen atoms in total. The van der Waals surface area contributed by atoms with Crippen LogP contribution in [0, 0.1) is 6.92 Å². The quantitative estimate of drug-likeness (QED) is 0.722. The predicted molar refractivity (Wildman–Crippen MR) is 98.6 cm³/mol. The molecule has 0 spiro atoms. The predicted octanol–water partition coefficient (Wildman–Crippen LogP) is 3.78. The normalized spacial score (nSPS) is 16.8. The fourth-order valence-corrected chi connectivity index (χ4v) is 3.21. The van der Waals surface area contributed by atoms with Gasteiger partial charge in [0, 0.05) is 31.1 Å². The van der Waals surface area contributed by atoms with Crippen molar-refractivity contribution >= 4 is 5.91 Å². The Balaban J connectivity index is 1.37. The van der Waals surface area contributed by atoms with Crippen molar-refractivity contribution in [2.24, 2.45) is 0 Å². The molecule has 0 aliphatic carbocycles. The highest BCUT2D eigenvalue weighted by molar-refractivity contribution is 5.76. The highest BCUT2D eigenvalue weighted by Crippen LogP contribution is 2.18. The van der Waals surface area contributed by atoms with E-state index in [4.69, 9.17) is 4.74 Å². The fourth-order valence-electron chi connectivity index (χ4n) is 3.21. The van der Waals surface area contributed by atoms with E-state index < -0.39 is 0 Å². The van der Waals surface area contributed by atoms with Crippen molar-refractivity contribution in [1.29, 1.82) is 0 Å². The largest absolute Gasteiger partial charge is 0.472 e. The molecule has 132 valence electrons. The molecule has 0 N–H and O–H groups in total. The van der Waals surface area contributed by atoms with Crippen LogP contribution >= 0.6 is 0 Å². The maximum Gasteiger partial charge on any atom is 0.222 e. The lowest BCUT2D eigenvalue weighted by atomic mass is 10.1. The Morgan fingerprint density at radius 1 is 1.16 bits per heavy atom. The second kappa shape index (κ2) is 8.65. The topological polar surface area (TPSA) is 42.4 Å². The summed E-state index contributed by atoms with van der Waals surface area (Å²) in [5.74, 6) is 0.901. The number of carbonyl (C=O) groups excluding carboxylic acids is 1. The van der Waals surface area contributed by atoms with Crippen LogP contribution in [0.25, 0.3) is 0 Å². The van der Waals surface area contributed by atoms with Crippen molar-refractivity contribution in [1.82, 2.24) is 9.88 Å². The van der Waals surface area contributed by atoms with E-state index in [0.29, 0.717) is 18.8 Å². The summed E-state index contributed by atoms with van der Waals surface area (Å²) in [6.45, 7) is 3.41. The number of ether oxygens (including phenoxy) is 1. The van der Waals surface area contributed by atoms with Crippen molar-refractivity contribution in [3.8, 4) is 5.88 Å². The van der Waals surface area contributed by atoms with Crippen LogP contribution in [-0.2, 0) is 11.2 Å². The zero-order valence-electron chi connectivity index (χ0n) is 14.9. The average Bonchev–Trinajstić information content (AvgIpc) is 3.08. The molecule has 0 saturated carbocycles. The number of likely N-dealkylation sites (tertiary alicyclic amines) is 1. The molecular weight excluding hydrogens is 312 g/mol. The number of rotatable bonds is 7. The third kappa shape index (κ3) is 5.31. The van der Waals surface area contributed by atoms with E-state index in [9.17, 15) is 4.79 Å². The molecule has 2 heterocycles. The molecule has 1 fully saturated rings. The van der Waals surface area contributed by atoms with Gasteiger partial charge in [0.05, 0.1) is 6.54 Å². The number of carbonyl (C=O) groups is 1. The van der Waals surface area contributed by atoms with E-state index in [2.05, 4.69) is 29.2 Å². The number of benzene rings is 1. The second-order valence-electron chi connectivity index (χ2n) is 6.68. The monoisotopic (exact) mass is 338 g/mol. The van der Waals surface area contributed by atoms with E-state index in [1.165, 1.54) is 5.56 Å². The standard InChI is InChI=1S/C21H26N2O2/c1-17-8-7-12-20(22-17)25-19-14-15-23(16-19)21(24)13-6-5-11-18-9-3-2-4-10-18/h2-4,7-10,12,19H,5-6,11,13-16H2,1H3. The van der Waals surface area contributed by atoms with Crippen molar-refractivity contribution in [3.05, 3.63) is 59.8 Å². The van der Waals surface area contributed by atoms with Gasteiger partial charge in [0.1, 0.15) is 6.10 Å². The summed E-state index contributed by atoms with van der Waals surface area (Å²) >= 11 is 0. The smallest absolute Gasteiger partial charge is 0.222 e. The number of hydrogen-bond donors (Lipinski definition) is 0. The third-order valence-electron chi connectivity index (χ3n) is 4.60. The van der Waals surface area contributed by atoms with Gasteiger partial charge in [-0.15, -0.1) is 0 Å². The van der Waals surface area contributed by atoms with Crippen LogP contribution in [-0.4, -0.2) is 35.0 Å². The fraction of sp³-hybridized carbons (Fsp3) is 0.429. The summed E-state index contributed by atoms with van der Waals surface area (Å²) in [6, 6.07) is 16.2. The van der Waals surface area contributed by atoms with Gasteiger partial charge in [0.15, 0.2) is 0 Å². The van der Waals surface area contributed by atoms with Gasteiger partial charge in [-0.25, -0.2) is 4.98 Å². The average molecular weight is 338 g/mol. The summed E-state index contributed by atoms with van der Waals surface area (Å²) in [4.78, 5) is 18.7. The van der Waals surface area contributed by atoms with Crippen LogP contribution in [0.4, 0.5) is 0 Å². The molecule has 0 radical (unpaired) electrons. The molecule has 1 aromatic carbocycles. The molecule has 1 aromatic heterocycles. The number of hydrogen-bond acceptors (Lipinski definition) is 3. The summed E-state index contributed by atoms with van der Waals surface area (Å²) in [5.41, 5.74) is 2.29. The SMILES string of the molecule is Cc1cccc(OC2CCN(C(=O)CCCCc3ccccc3)C2)n1. The van der Waals surface area contributed by atoms with Gasteiger partial charge in [-0.1, -0.05) is 36.4 Å². The van der Waals surface area contributed by atoms with Gasteiger partial charge in [-0.05, 0) is 37.8 Å². The second-order valence-corrected chi connectivity index (χ2v) is 6.68. The van der Waals surface area contributed by atoms with Crippen LogP contribution in [0.2, 0.25) is 0 Å². The first kappa shape index (κ1) is 17.5. The third-order valence-corrected chi connectivity index (χ3v) is 4.60. The van der Waals surface area contributed by atoms with Gasteiger partial charge >= 0.3 is 0 Å². The molecule has 1 amide bonds. The Kier molecular flexibility index (Phi) is 6.04. The molecule has 1 atom stereocenters. The zero-order valence-corrected chi connectivity index (χ0v) is 14.9. The Morgan fingerprint density at radius 3 is 2.80 bits per heavy atom. The molecule has 1 saturated heterocycles. The molecule has 1 aliphatic heterocycles. The minimum Gasteiger partial charge on any atom is -0.472 e. The molecule has 1 unspecified atom stereocenters. The molecule has 3 rings (SSSR count). The van der Waals surface area contributed by atoms with Crippen LogP contribution in [0.5, 0.6) is 5.88 Å². The van der Waals surface area contributed by atoms with E-state index in [0.717, 1.165) is 37.9 Å². The highest BCUT2D eigenvalue weighted by atomic mass is 16.5. The minimum absolute atomic E-state index is 0.0579. The minimum atomic E-state index is 0.0579. The number of unbranched alkanes of at least 4 members (excludes halogenated alkanes) is 1. The van der Waals surface area contributed by atoms with Crippen LogP contribution in [0.1, 0.15) is 36.9 Å². The Bertz CT molecular complexity index is 687. The number of aromatic nitrogens is 1. The number of aryl methyl sites for hydroxylation is 2. The van der Waals surface area contributed by atoms with E-state index >= 15 is 0 Å². The lowest BCUT2D eigenvalue weighted by molar-refractivity contribution is -0.130. The molecule has 4 heteroatoms. The van der Waals surface area contributed by atoms with E-state index in [1.54, 1.807) is 0 Å². The van der Waals surface area contributed by atoms with Crippen LogP contribution in [0.15, 0.2) is 48.5 Å². The first-order chi connectivity index (χ1) is 12.2. The van der Waals surface area contributed by atoms with Gasteiger partial charge in [-0.3, -0.25) is 4.79 Å². The maximum absolute atomic E-state index is 12.4. The first-order valence-corrected chi connectivity index (χ1v) is 9.13. The molecule has 25 heavy (non-hydrogen) atoms. The van der Waals surface area contributed by atoms with E-state index in [-0.39, 0.29) is 12.0 Å². The number of nitrogens with zero attached hydrogens (tertiary/aromatic N) is 2. The van der Waals surface area contributed by atoms with Crippen molar-refractivity contribution < 1.29 is 9.53 Å². The van der Waals surface area contributed by atoms with Gasteiger partial charge in [-0.2, -0.15) is 0 Å². The van der Waals surface area contributed by atoms with Gasteiger partial charge in [0.2, 0.25) is 11.8 Å². The Hall–Kier alpha value is -2.36. The van der Waals surface area contributed by atoms with E-state index in [1.807, 2.05) is 36.1 Å². The first-order valence-electron chi connectivity index (χ1n) is 9.13. The summed E-state index contributed by atoms with van der Waals surface area (Å²) < 4.78 is 5.92. The Morgan fingerprint density at radius 2 is 2.00 bits per heavy atom. The lowest BCUT2D eigenvalue weighted by Gasteiger charge is -2.17. The molecule has 0 bridgehead atoms.